The van der Waals surface area contributed by atoms with E-state index >= 15 is 0 Å². The molecule has 1 aliphatic rings. The second kappa shape index (κ2) is 5.12. The normalized spacial score (nSPS) is 17.9. The molecule has 0 spiro atoms. The molecule has 0 aliphatic carbocycles. The maximum absolute atomic E-state index is 14.8. The van der Waals surface area contributed by atoms with Crippen molar-refractivity contribution < 1.29 is 13.2 Å². The lowest BCUT2D eigenvalue weighted by Gasteiger charge is -2.36. The van der Waals surface area contributed by atoms with Crippen LogP contribution in [0.3, 0.4) is 0 Å². The molecule has 3 nitrogen and oxygen atoms in total. The van der Waals surface area contributed by atoms with Crippen molar-refractivity contribution in [3.05, 3.63) is 71.2 Å². The summed E-state index contributed by atoms with van der Waals surface area (Å²) >= 11 is 0. The average Bonchev–Trinajstić information content (AvgIpc) is 2.58. The Labute approximate surface area is 142 Å². The van der Waals surface area contributed by atoms with Crippen molar-refractivity contribution >= 4 is 16.6 Å². The van der Waals surface area contributed by atoms with E-state index in [2.05, 4.69) is 15.2 Å². The van der Waals surface area contributed by atoms with Crippen molar-refractivity contribution in [3.8, 4) is 0 Å². The molecular weight excluding hydrogens is 327 g/mol. The van der Waals surface area contributed by atoms with Gasteiger partial charge in [-0.05, 0) is 32.0 Å². The molecule has 3 aromatic rings. The summed E-state index contributed by atoms with van der Waals surface area (Å²) in [6.45, 7) is 2.79. The predicted molar refractivity (Wildman–Crippen MR) is 89.6 cm³/mol. The molecule has 0 saturated carbocycles. The average molecular weight is 341 g/mol. The summed E-state index contributed by atoms with van der Waals surface area (Å²) in [5.74, 6) is -3.50. The van der Waals surface area contributed by atoms with Crippen LogP contribution in [0, 0.1) is 5.82 Å². The van der Waals surface area contributed by atoms with E-state index in [0.717, 1.165) is 0 Å². The second-order valence-electron chi connectivity index (χ2n) is 6.57. The van der Waals surface area contributed by atoms with Gasteiger partial charge >= 0.3 is 0 Å². The van der Waals surface area contributed by atoms with Crippen LogP contribution in [0.5, 0.6) is 0 Å². The molecule has 1 aromatic heterocycles. The molecule has 0 saturated heterocycles. The van der Waals surface area contributed by atoms with Gasteiger partial charge in [0.1, 0.15) is 17.1 Å². The molecule has 25 heavy (non-hydrogen) atoms. The molecule has 0 radical (unpaired) electrons. The van der Waals surface area contributed by atoms with Gasteiger partial charge in [0.2, 0.25) is 0 Å². The van der Waals surface area contributed by atoms with Gasteiger partial charge in [-0.1, -0.05) is 24.3 Å². The predicted octanol–water partition coefficient (Wildman–Crippen LogP) is 4.49. The maximum atomic E-state index is 14.8. The highest BCUT2D eigenvalue weighted by molar-refractivity contribution is 6.14. The Kier molecular flexibility index (Phi) is 3.22. The maximum Gasteiger partial charge on any atom is 0.297 e. The molecule has 0 amide bonds. The molecule has 0 N–H and O–H groups in total. The zero-order valence-electron chi connectivity index (χ0n) is 13.6. The van der Waals surface area contributed by atoms with E-state index in [1.165, 1.54) is 32.0 Å². The number of aromatic nitrogens is 2. The van der Waals surface area contributed by atoms with E-state index in [4.69, 9.17) is 0 Å². The summed E-state index contributed by atoms with van der Waals surface area (Å²) in [6, 6.07) is 12.2. The topological polar surface area (TPSA) is 38.1 Å². The zero-order chi connectivity index (χ0) is 17.8. The van der Waals surface area contributed by atoms with Gasteiger partial charge in [0, 0.05) is 22.6 Å². The quantitative estimate of drug-likeness (QED) is 0.654. The number of hydrogen-bond donors (Lipinski definition) is 0. The standard InChI is InChI=1S/C19H14F3N3/c1-18(2)19(21,22)14-6-4-3-5-13(14)17(23-18)16-9-11-7-8-12(20)10-15(11)24-25-16/h3-10H,1-2H3. The highest BCUT2D eigenvalue weighted by Gasteiger charge is 2.52. The Hall–Kier alpha value is -2.76. The van der Waals surface area contributed by atoms with E-state index in [-0.39, 0.29) is 5.56 Å². The minimum atomic E-state index is -3.10. The van der Waals surface area contributed by atoms with Crippen LogP contribution >= 0.6 is 0 Å². The Morgan fingerprint density at radius 2 is 1.68 bits per heavy atom. The number of alkyl halides is 2. The van der Waals surface area contributed by atoms with Crippen molar-refractivity contribution in [3.63, 3.8) is 0 Å². The smallest absolute Gasteiger partial charge is 0.270 e. The lowest BCUT2D eigenvalue weighted by molar-refractivity contribution is -0.0682. The molecule has 0 atom stereocenters. The molecule has 4 rings (SSSR count). The van der Waals surface area contributed by atoms with Crippen molar-refractivity contribution in [2.75, 3.05) is 0 Å². The molecule has 0 bridgehead atoms. The second-order valence-corrected chi connectivity index (χ2v) is 6.57. The summed E-state index contributed by atoms with van der Waals surface area (Å²) < 4.78 is 42.9. The van der Waals surface area contributed by atoms with Gasteiger partial charge in [0.15, 0.2) is 0 Å². The summed E-state index contributed by atoms with van der Waals surface area (Å²) in [5.41, 5.74) is -0.206. The van der Waals surface area contributed by atoms with E-state index in [1.807, 2.05) is 0 Å². The minimum absolute atomic E-state index is 0.0778. The van der Waals surface area contributed by atoms with E-state index in [9.17, 15) is 13.2 Å². The van der Waals surface area contributed by atoms with Gasteiger partial charge in [-0.2, -0.15) is 8.78 Å². The van der Waals surface area contributed by atoms with Gasteiger partial charge < -0.3 is 0 Å². The summed E-state index contributed by atoms with van der Waals surface area (Å²) in [5, 5.41) is 8.78. The van der Waals surface area contributed by atoms with Crippen LogP contribution in [0.25, 0.3) is 10.9 Å². The van der Waals surface area contributed by atoms with Gasteiger partial charge in [0.25, 0.3) is 5.92 Å². The number of nitrogens with zero attached hydrogens (tertiary/aromatic N) is 3. The lowest BCUT2D eigenvalue weighted by Crippen LogP contribution is -2.44. The first kappa shape index (κ1) is 15.7. The fourth-order valence-corrected chi connectivity index (χ4v) is 3.02. The van der Waals surface area contributed by atoms with Crippen LogP contribution < -0.4 is 0 Å². The third kappa shape index (κ3) is 2.32. The molecular formula is C19H14F3N3. The summed E-state index contributed by atoms with van der Waals surface area (Å²) in [7, 11) is 0. The molecule has 0 fully saturated rings. The van der Waals surface area contributed by atoms with Crippen LogP contribution in [-0.2, 0) is 5.92 Å². The number of fused-ring (bicyclic) bond motifs is 2. The van der Waals surface area contributed by atoms with E-state index in [1.54, 1.807) is 30.3 Å². The number of halogens is 3. The van der Waals surface area contributed by atoms with Crippen LogP contribution in [0.2, 0.25) is 0 Å². The van der Waals surface area contributed by atoms with Gasteiger partial charge in [-0.3, -0.25) is 4.99 Å². The SMILES string of the molecule is CC1(C)N=C(c2cc3ccc(F)cc3nn2)c2ccccc2C1(F)F. The fourth-order valence-electron chi connectivity index (χ4n) is 3.02. The van der Waals surface area contributed by atoms with Crippen molar-refractivity contribution in [2.24, 2.45) is 4.99 Å². The van der Waals surface area contributed by atoms with Crippen LogP contribution in [0.4, 0.5) is 13.2 Å². The van der Waals surface area contributed by atoms with Gasteiger partial charge in [-0.25, -0.2) is 4.39 Å². The summed E-state index contributed by atoms with van der Waals surface area (Å²) in [6.07, 6.45) is 0. The van der Waals surface area contributed by atoms with E-state index in [0.29, 0.717) is 27.9 Å². The molecule has 1 aliphatic heterocycles. The zero-order valence-corrected chi connectivity index (χ0v) is 13.6. The Morgan fingerprint density at radius 3 is 2.48 bits per heavy atom. The molecule has 2 aromatic carbocycles. The van der Waals surface area contributed by atoms with Gasteiger partial charge in [0.05, 0.1) is 11.2 Å². The third-order valence-electron chi connectivity index (χ3n) is 4.47. The number of rotatable bonds is 1. The van der Waals surface area contributed by atoms with Crippen LogP contribution in [0.1, 0.15) is 30.7 Å². The Balaban J connectivity index is 1.96. The molecule has 2 heterocycles. The van der Waals surface area contributed by atoms with Crippen molar-refractivity contribution in [2.45, 2.75) is 25.3 Å². The van der Waals surface area contributed by atoms with E-state index < -0.39 is 17.3 Å². The largest absolute Gasteiger partial charge is 0.297 e. The first-order valence-electron chi connectivity index (χ1n) is 7.80. The Bertz CT molecular complexity index is 1030. The monoisotopic (exact) mass is 341 g/mol. The van der Waals surface area contributed by atoms with Gasteiger partial charge in [-0.15, -0.1) is 10.2 Å². The van der Waals surface area contributed by atoms with Crippen LogP contribution in [-0.4, -0.2) is 21.4 Å². The van der Waals surface area contributed by atoms with Crippen LogP contribution in [0.15, 0.2) is 53.5 Å². The lowest BCUT2D eigenvalue weighted by atomic mass is 9.82. The molecule has 0 unspecified atom stereocenters. The fraction of sp³-hybridized carbons (Fsp3) is 0.211. The number of hydrogen-bond acceptors (Lipinski definition) is 3. The highest BCUT2D eigenvalue weighted by Crippen LogP contribution is 2.46. The first-order chi connectivity index (χ1) is 11.8. The Morgan fingerprint density at radius 1 is 0.920 bits per heavy atom. The number of benzene rings is 2. The van der Waals surface area contributed by atoms with Crippen molar-refractivity contribution in [1.29, 1.82) is 0 Å². The highest BCUT2D eigenvalue weighted by atomic mass is 19.3. The third-order valence-corrected chi connectivity index (χ3v) is 4.47. The van der Waals surface area contributed by atoms with Crippen molar-refractivity contribution in [1.82, 2.24) is 10.2 Å². The number of aliphatic imine (C=N–C) groups is 1. The minimum Gasteiger partial charge on any atom is -0.270 e. The summed E-state index contributed by atoms with van der Waals surface area (Å²) in [4.78, 5) is 4.29. The molecule has 6 heteroatoms. The molecule has 126 valence electrons. The first-order valence-corrected chi connectivity index (χ1v) is 7.80.